The Morgan fingerprint density at radius 2 is 2.00 bits per heavy atom. The maximum absolute atomic E-state index is 11.4. The second-order valence-corrected chi connectivity index (χ2v) is 3.94. The van der Waals surface area contributed by atoms with E-state index in [0.29, 0.717) is 25.9 Å². The topological polar surface area (TPSA) is 61.8 Å². The van der Waals surface area contributed by atoms with E-state index in [9.17, 15) is 9.59 Å². The van der Waals surface area contributed by atoms with E-state index in [-0.39, 0.29) is 18.5 Å². The molecule has 0 aliphatic carbocycles. The van der Waals surface area contributed by atoms with Gasteiger partial charge in [-0.3, -0.25) is 9.59 Å². The van der Waals surface area contributed by atoms with Crippen LogP contribution in [0.3, 0.4) is 0 Å². The van der Waals surface area contributed by atoms with E-state index < -0.39 is 5.97 Å². The van der Waals surface area contributed by atoms with Crippen molar-refractivity contribution in [2.75, 3.05) is 19.8 Å². The zero-order valence-electron chi connectivity index (χ0n) is 10.3. The van der Waals surface area contributed by atoms with E-state index in [0.717, 1.165) is 19.6 Å². The molecule has 5 nitrogen and oxygen atoms in total. The van der Waals surface area contributed by atoms with Crippen LogP contribution in [0.5, 0.6) is 0 Å². The number of ketones is 1. The average Bonchev–Trinajstić information content (AvgIpc) is 2.30. The monoisotopic (exact) mass is 244 g/mol. The first kappa shape index (κ1) is 14.1. The largest absolute Gasteiger partial charge is 0.466 e. The Labute approximate surface area is 101 Å². The minimum Gasteiger partial charge on any atom is -0.466 e. The molecule has 0 aromatic carbocycles. The van der Waals surface area contributed by atoms with Crippen molar-refractivity contribution >= 4 is 11.8 Å². The van der Waals surface area contributed by atoms with Gasteiger partial charge in [0.15, 0.2) is 6.29 Å². The van der Waals surface area contributed by atoms with Gasteiger partial charge in [-0.25, -0.2) is 0 Å². The summed E-state index contributed by atoms with van der Waals surface area (Å²) in [6, 6.07) is 0. The van der Waals surface area contributed by atoms with Crippen molar-refractivity contribution in [1.29, 1.82) is 0 Å². The number of ether oxygens (including phenoxy) is 3. The maximum Gasteiger partial charge on any atom is 0.313 e. The Morgan fingerprint density at radius 3 is 2.65 bits per heavy atom. The Hall–Kier alpha value is -0.940. The van der Waals surface area contributed by atoms with Crippen LogP contribution >= 0.6 is 0 Å². The molecule has 0 atom stereocenters. The third kappa shape index (κ3) is 6.38. The van der Waals surface area contributed by atoms with Crippen LogP contribution in [0.4, 0.5) is 0 Å². The van der Waals surface area contributed by atoms with E-state index in [1.165, 1.54) is 0 Å². The summed E-state index contributed by atoms with van der Waals surface area (Å²) in [5.41, 5.74) is 0. The van der Waals surface area contributed by atoms with Crippen molar-refractivity contribution < 1.29 is 23.8 Å². The van der Waals surface area contributed by atoms with Crippen LogP contribution in [0.2, 0.25) is 0 Å². The summed E-state index contributed by atoms with van der Waals surface area (Å²) in [5.74, 6) is -0.526. The maximum atomic E-state index is 11.4. The summed E-state index contributed by atoms with van der Waals surface area (Å²) in [7, 11) is 0. The van der Waals surface area contributed by atoms with Crippen molar-refractivity contribution in [2.45, 2.75) is 45.3 Å². The predicted octanol–water partition coefficient (Wildman–Crippen LogP) is 1.44. The van der Waals surface area contributed by atoms with Gasteiger partial charge in [0.2, 0.25) is 0 Å². The van der Waals surface area contributed by atoms with E-state index >= 15 is 0 Å². The van der Waals surface area contributed by atoms with Crippen LogP contribution in [0.15, 0.2) is 0 Å². The number of esters is 1. The predicted molar refractivity (Wildman–Crippen MR) is 60.4 cm³/mol. The number of hydrogen-bond donors (Lipinski definition) is 0. The van der Waals surface area contributed by atoms with Crippen molar-refractivity contribution in [2.24, 2.45) is 0 Å². The summed E-state index contributed by atoms with van der Waals surface area (Å²) in [6.07, 6.45) is 2.39. The van der Waals surface area contributed by atoms with Gasteiger partial charge in [0.1, 0.15) is 12.2 Å². The van der Waals surface area contributed by atoms with Crippen molar-refractivity contribution in [3.8, 4) is 0 Å². The number of carbonyl (C=O) groups is 2. The summed E-state index contributed by atoms with van der Waals surface area (Å²) in [4.78, 5) is 22.4. The Morgan fingerprint density at radius 1 is 1.29 bits per heavy atom. The van der Waals surface area contributed by atoms with Gasteiger partial charge in [0.05, 0.1) is 19.8 Å². The first-order chi connectivity index (χ1) is 8.22. The lowest BCUT2D eigenvalue weighted by Gasteiger charge is -2.22. The zero-order chi connectivity index (χ0) is 12.5. The summed E-state index contributed by atoms with van der Waals surface area (Å²) >= 11 is 0. The second-order valence-electron chi connectivity index (χ2n) is 3.94. The molecular formula is C12H20O5. The molecule has 0 aromatic heterocycles. The molecule has 0 unspecified atom stereocenters. The highest BCUT2D eigenvalue weighted by molar-refractivity contribution is 5.95. The number of hydrogen-bond acceptors (Lipinski definition) is 5. The van der Waals surface area contributed by atoms with E-state index in [2.05, 4.69) is 0 Å². The molecule has 1 fully saturated rings. The number of Topliss-reactive ketones (excluding diaryl/α,β-unsaturated/α-hetero) is 1. The fourth-order valence-electron chi connectivity index (χ4n) is 1.63. The normalized spacial score (nSPS) is 16.8. The van der Waals surface area contributed by atoms with Gasteiger partial charge in [0.25, 0.3) is 0 Å². The lowest BCUT2D eigenvalue weighted by molar-refractivity contribution is -0.181. The van der Waals surface area contributed by atoms with Gasteiger partial charge in [-0.05, 0) is 26.2 Å². The van der Waals surface area contributed by atoms with E-state index in [1.807, 2.05) is 0 Å². The van der Waals surface area contributed by atoms with Gasteiger partial charge in [-0.2, -0.15) is 0 Å². The Kier molecular flexibility index (Phi) is 6.81. The standard InChI is InChI=1S/C12H20O5/c1-2-15-11(14)9-10(13)5-3-6-12-16-7-4-8-17-12/h12H,2-9H2,1H3. The lowest BCUT2D eigenvalue weighted by atomic mass is 10.1. The van der Waals surface area contributed by atoms with Crippen LogP contribution in [0, 0.1) is 0 Å². The number of carbonyl (C=O) groups excluding carboxylic acids is 2. The van der Waals surface area contributed by atoms with Crippen LogP contribution in [-0.2, 0) is 23.8 Å². The molecule has 0 spiro atoms. The van der Waals surface area contributed by atoms with Gasteiger partial charge in [0, 0.05) is 6.42 Å². The summed E-state index contributed by atoms with van der Waals surface area (Å²) in [6.45, 7) is 3.48. The molecule has 0 N–H and O–H groups in total. The SMILES string of the molecule is CCOC(=O)CC(=O)CCCC1OCCCO1. The van der Waals surface area contributed by atoms with Crippen molar-refractivity contribution in [3.05, 3.63) is 0 Å². The Balaban J connectivity index is 2.05. The molecule has 1 heterocycles. The molecule has 1 rings (SSSR count). The quantitative estimate of drug-likeness (QED) is 0.501. The van der Waals surface area contributed by atoms with Gasteiger partial charge in [-0.15, -0.1) is 0 Å². The molecule has 1 aliphatic rings. The lowest BCUT2D eigenvalue weighted by Crippen LogP contribution is -2.24. The second kappa shape index (κ2) is 8.20. The summed E-state index contributed by atoms with van der Waals surface area (Å²) < 4.78 is 15.4. The molecule has 0 amide bonds. The van der Waals surface area contributed by atoms with Gasteiger partial charge >= 0.3 is 5.97 Å². The van der Waals surface area contributed by atoms with E-state index in [1.54, 1.807) is 6.92 Å². The molecule has 17 heavy (non-hydrogen) atoms. The van der Waals surface area contributed by atoms with Crippen LogP contribution in [0.25, 0.3) is 0 Å². The molecule has 98 valence electrons. The molecule has 1 aliphatic heterocycles. The smallest absolute Gasteiger partial charge is 0.313 e. The van der Waals surface area contributed by atoms with E-state index in [4.69, 9.17) is 14.2 Å². The fraction of sp³-hybridized carbons (Fsp3) is 0.833. The minimum atomic E-state index is -0.442. The highest BCUT2D eigenvalue weighted by Crippen LogP contribution is 2.12. The summed E-state index contributed by atoms with van der Waals surface area (Å²) in [5, 5.41) is 0. The number of rotatable bonds is 7. The highest BCUT2D eigenvalue weighted by Gasteiger charge is 2.15. The first-order valence-electron chi connectivity index (χ1n) is 6.13. The van der Waals surface area contributed by atoms with Gasteiger partial charge < -0.3 is 14.2 Å². The zero-order valence-corrected chi connectivity index (χ0v) is 10.3. The molecule has 5 heteroatoms. The van der Waals surface area contributed by atoms with Crippen LogP contribution in [0.1, 0.15) is 39.0 Å². The van der Waals surface area contributed by atoms with Crippen LogP contribution < -0.4 is 0 Å². The third-order valence-electron chi connectivity index (χ3n) is 2.44. The minimum absolute atomic E-state index is 0.0840. The van der Waals surface area contributed by atoms with Crippen LogP contribution in [-0.4, -0.2) is 37.9 Å². The third-order valence-corrected chi connectivity index (χ3v) is 2.44. The average molecular weight is 244 g/mol. The first-order valence-corrected chi connectivity index (χ1v) is 6.13. The van der Waals surface area contributed by atoms with Crippen molar-refractivity contribution in [3.63, 3.8) is 0 Å². The highest BCUT2D eigenvalue weighted by atomic mass is 16.7. The Bertz CT molecular complexity index is 245. The molecule has 1 saturated heterocycles. The molecular weight excluding hydrogens is 224 g/mol. The molecule has 0 aromatic rings. The fourth-order valence-corrected chi connectivity index (χ4v) is 1.63. The van der Waals surface area contributed by atoms with Gasteiger partial charge in [-0.1, -0.05) is 0 Å². The molecule has 0 radical (unpaired) electrons. The van der Waals surface area contributed by atoms with Crippen molar-refractivity contribution in [1.82, 2.24) is 0 Å². The molecule has 0 bridgehead atoms. The molecule has 0 saturated carbocycles.